The fraction of sp³-hybridized carbons (Fsp3) is 0.611. The minimum absolute atomic E-state index is 0.235. The molecule has 23 heavy (non-hydrogen) atoms. The van der Waals surface area contributed by atoms with Gasteiger partial charge in [-0.25, -0.2) is 4.79 Å². The molecule has 0 aliphatic carbocycles. The second-order valence-electron chi connectivity index (χ2n) is 7.49. The molecule has 5 heteroatoms. The van der Waals surface area contributed by atoms with Gasteiger partial charge in [0, 0.05) is 24.8 Å². The van der Waals surface area contributed by atoms with Crippen molar-refractivity contribution in [3.63, 3.8) is 0 Å². The number of nitrogens with one attached hydrogen (secondary N) is 2. The van der Waals surface area contributed by atoms with Crippen LogP contribution in [0.5, 0.6) is 0 Å². The number of carbonyl (C=O) groups excluding carboxylic acids is 1. The third-order valence-electron chi connectivity index (χ3n) is 4.29. The summed E-state index contributed by atoms with van der Waals surface area (Å²) < 4.78 is 5.47. The van der Waals surface area contributed by atoms with Crippen molar-refractivity contribution in [1.82, 2.24) is 10.2 Å². The maximum absolute atomic E-state index is 12.2. The van der Waals surface area contributed by atoms with E-state index in [1.165, 1.54) is 11.1 Å². The summed E-state index contributed by atoms with van der Waals surface area (Å²) in [6, 6.07) is 6.97. The molecule has 1 aromatic rings. The van der Waals surface area contributed by atoms with Gasteiger partial charge in [0.05, 0.1) is 0 Å². The van der Waals surface area contributed by atoms with Gasteiger partial charge >= 0.3 is 6.09 Å². The summed E-state index contributed by atoms with van der Waals surface area (Å²) >= 11 is 0. The Labute approximate surface area is 138 Å². The molecule has 2 heterocycles. The van der Waals surface area contributed by atoms with Crippen LogP contribution in [0.3, 0.4) is 0 Å². The first-order valence-corrected chi connectivity index (χ1v) is 8.48. The number of benzene rings is 1. The van der Waals surface area contributed by atoms with Crippen LogP contribution >= 0.6 is 0 Å². The Morgan fingerprint density at radius 1 is 1.22 bits per heavy atom. The Bertz CT molecular complexity index is 574. The highest BCUT2D eigenvalue weighted by Gasteiger charge is 2.28. The minimum atomic E-state index is -0.451. The Balaban J connectivity index is 1.62. The van der Waals surface area contributed by atoms with E-state index >= 15 is 0 Å². The van der Waals surface area contributed by atoms with Gasteiger partial charge in [-0.1, -0.05) is 6.07 Å². The van der Waals surface area contributed by atoms with E-state index in [9.17, 15) is 4.79 Å². The molecule has 2 aliphatic heterocycles. The number of ether oxygens (including phenoxy) is 1. The van der Waals surface area contributed by atoms with Crippen LogP contribution in [0.1, 0.15) is 44.7 Å². The molecule has 3 rings (SSSR count). The summed E-state index contributed by atoms with van der Waals surface area (Å²) in [6.07, 6.45) is 2.07. The predicted molar refractivity (Wildman–Crippen MR) is 91.4 cm³/mol. The highest BCUT2D eigenvalue weighted by molar-refractivity contribution is 5.69. The lowest BCUT2D eigenvalue weighted by Gasteiger charge is -2.25. The molecule has 1 saturated heterocycles. The predicted octanol–water partition coefficient (Wildman–Crippen LogP) is 3.10. The second kappa shape index (κ2) is 6.40. The molecule has 0 unspecified atom stereocenters. The minimum Gasteiger partial charge on any atom is -0.444 e. The summed E-state index contributed by atoms with van der Waals surface area (Å²) in [5, 5.41) is 7.00. The van der Waals surface area contributed by atoms with E-state index in [-0.39, 0.29) is 6.09 Å². The maximum Gasteiger partial charge on any atom is 0.410 e. The van der Waals surface area contributed by atoms with Gasteiger partial charge < -0.3 is 15.4 Å². The molecule has 2 aliphatic rings. The van der Waals surface area contributed by atoms with Gasteiger partial charge in [0.15, 0.2) is 0 Å². The van der Waals surface area contributed by atoms with Crippen molar-refractivity contribution in [2.24, 2.45) is 0 Å². The molecule has 0 bridgehead atoms. The maximum atomic E-state index is 12.2. The highest BCUT2D eigenvalue weighted by Crippen LogP contribution is 2.27. The topological polar surface area (TPSA) is 53.6 Å². The third kappa shape index (κ3) is 4.16. The quantitative estimate of drug-likeness (QED) is 0.880. The molecule has 1 aromatic carbocycles. The van der Waals surface area contributed by atoms with Gasteiger partial charge in [0.2, 0.25) is 0 Å². The number of carbonyl (C=O) groups is 1. The van der Waals surface area contributed by atoms with Crippen LogP contribution in [0.4, 0.5) is 10.5 Å². The molecular formula is C18H27N3O2. The van der Waals surface area contributed by atoms with Gasteiger partial charge in [0.25, 0.3) is 0 Å². The van der Waals surface area contributed by atoms with Crippen molar-refractivity contribution in [2.45, 2.75) is 58.3 Å². The van der Waals surface area contributed by atoms with Crippen LogP contribution in [0, 0.1) is 0 Å². The first kappa shape index (κ1) is 16.1. The van der Waals surface area contributed by atoms with Gasteiger partial charge in [-0.2, -0.15) is 0 Å². The van der Waals surface area contributed by atoms with Gasteiger partial charge in [-0.15, -0.1) is 0 Å². The van der Waals surface area contributed by atoms with Gasteiger partial charge in [-0.05, 0) is 70.0 Å². The molecule has 0 saturated carbocycles. The van der Waals surface area contributed by atoms with Crippen LogP contribution in [0.15, 0.2) is 18.2 Å². The molecule has 0 spiro atoms. The van der Waals surface area contributed by atoms with E-state index in [0.717, 1.165) is 31.6 Å². The number of hydrogen-bond donors (Lipinski definition) is 2. The van der Waals surface area contributed by atoms with Crippen LogP contribution in [-0.4, -0.2) is 35.7 Å². The highest BCUT2D eigenvalue weighted by atomic mass is 16.6. The SMILES string of the molecule is CC(C)(C)OC(=O)N1Cc2ccc(NC3CCNCC3)cc2C1. The van der Waals surface area contributed by atoms with E-state index in [1.54, 1.807) is 4.90 Å². The Morgan fingerprint density at radius 3 is 2.61 bits per heavy atom. The largest absolute Gasteiger partial charge is 0.444 e. The summed E-state index contributed by atoms with van der Waals surface area (Å²) in [5.74, 6) is 0. The average molecular weight is 317 g/mol. The Morgan fingerprint density at radius 2 is 1.91 bits per heavy atom. The summed E-state index contributed by atoms with van der Waals surface area (Å²) in [5.41, 5.74) is 3.14. The van der Waals surface area contributed by atoms with E-state index in [0.29, 0.717) is 19.1 Å². The zero-order valence-electron chi connectivity index (χ0n) is 14.3. The summed E-state index contributed by atoms with van der Waals surface area (Å²) in [4.78, 5) is 14.0. The van der Waals surface area contributed by atoms with Crippen molar-refractivity contribution in [3.8, 4) is 0 Å². The zero-order chi connectivity index (χ0) is 16.4. The number of hydrogen-bond acceptors (Lipinski definition) is 4. The molecular weight excluding hydrogens is 290 g/mol. The van der Waals surface area contributed by atoms with Crippen molar-refractivity contribution >= 4 is 11.8 Å². The van der Waals surface area contributed by atoms with Crippen molar-refractivity contribution in [3.05, 3.63) is 29.3 Å². The van der Waals surface area contributed by atoms with E-state index in [2.05, 4.69) is 28.8 Å². The molecule has 1 amide bonds. The monoisotopic (exact) mass is 317 g/mol. The second-order valence-corrected chi connectivity index (χ2v) is 7.49. The lowest BCUT2D eigenvalue weighted by Crippen LogP contribution is -2.35. The Kier molecular flexibility index (Phi) is 4.48. The van der Waals surface area contributed by atoms with Crippen molar-refractivity contribution < 1.29 is 9.53 Å². The standard InChI is InChI=1S/C18H27N3O2/c1-18(2,3)23-17(22)21-11-13-4-5-16(10-14(13)12-21)20-15-6-8-19-9-7-15/h4-5,10,15,19-20H,6-9,11-12H2,1-3H3. The fourth-order valence-electron chi connectivity index (χ4n) is 3.14. The number of rotatable bonds is 2. The third-order valence-corrected chi connectivity index (χ3v) is 4.29. The molecule has 1 fully saturated rings. The van der Waals surface area contributed by atoms with E-state index < -0.39 is 5.60 Å². The number of piperidine rings is 1. The van der Waals surface area contributed by atoms with E-state index in [4.69, 9.17) is 4.74 Å². The number of fused-ring (bicyclic) bond motifs is 1. The molecule has 0 aromatic heterocycles. The van der Waals surface area contributed by atoms with E-state index in [1.807, 2.05) is 20.8 Å². The molecule has 2 N–H and O–H groups in total. The van der Waals surface area contributed by atoms with Crippen LogP contribution in [0.25, 0.3) is 0 Å². The smallest absolute Gasteiger partial charge is 0.410 e. The van der Waals surface area contributed by atoms with Crippen molar-refractivity contribution in [1.29, 1.82) is 0 Å². The lowest BCUT2D eigenvalue weighted by atomic mass is 10.1. The normalized spacial score (nSPS) is 18.7. The number of nitrogens with zero attached hydrogens (tertiary/aromatic N) is 1. The average Bonchev–Trinajstić information content (AvgIpc) is 2.90. The van der Waals surface area contributed by atoms with Crippen molar-refractivity contribution in [2.75, 3.05) is 18.4 Å². The Hall–Kier alpha value is -1.75. The summed E-state index contributed by atoms with van der Waals surface area (Å²) in [7, 11) is 0. The molecule has 0 atom stereocenters. The van der Waals surface area contributed by atoms with Crippen LogP contribution in [0.2, 0.25) is 0 Å². The molecule has 5 nitrogen and oxygen atoms in total. The van der Waals surface area contributed by atoms with Gasteiger partial charge in [-0.3, -0.25) is 4.90 Å². The molecule has 126 valence electrons. The number of amides is 1. The fourth-order valence-corrected chi connectivity index (χ4v) is 3.14. The lowest BCUT2D eigenvalue weighted by molar-refractivity contribution is 0.0242. The van der Waals surface area contributed by atoms with Gasteiger partial charge in [0.1, 0.15) is 5.60 Å². The first-order valence-electron chi connectivity index (χ1n) is 8.48. The zero-order valence-corrected chi connectivity index (χ0v) is 14.3. The van der Waals surface area contributed by atoms with Crippen LogP contribution < -0.4 is 10.6 Å². The molecule has 0 radical (unpaired) electrons. The summed E-state index contributed by atoms with van der Waals surface area (Å²) in [6.45, 7) is 9.12. The first-order chi connectivity index (χ1) is 10.9. The number of anilines is 1. The van der Waals surface area contributed by atoms with Crippen LogP contribution in [-0.2, 0) is 17.8 Å².